The number of rotatable bonds is 0. The molecule has 0 aliphatic rings. The maximum Gasteiger partial charge on any atom is 0.411 e. The summed E-state index contributed by atoms with van der Waals surface area (Å²) in [6, 6.07) is 0. The molecule has 0 rings (SSSR count). The monoisotopic (exact) mass is 618 g/mol. The van der Waals surface area contributed by atoms with Gasteiger partial charge in [0.25, 0.3) is 0 Å². The van der Waals surface area contributed by atoms with E-state index in [4.69, 9.17) is 0 Å². The van der Waals surface area contributed by atoms with Crippen LogP contribution in [0.4, 0.5) is 79.0 Å². The van der Waals surface area contributed by atoms with Gasteiger partial charge in [-0.1, -0.05) is 0 Å². The zero-order chi connectivity index (χ0) is 23.1. The van der Waals surface area contributed by atoms with Crippen molar-refractivity contribution < 1.29 is 79.0 Å². The third-order valence-electron chi connectivity index (χ3n) is 0.850. The van der Waals surface area contributed by atoms with Gasteiger partial charge in [0.15, 0.2) is 0 Å². The lowest BCUT2D eigenvalue weighted by Gasteiger charge is -2.08. The minimum atomic E-state index is -5.11. The van der Waals surface area contributed by atoms with E-state index < -0.39 is 61.2 Å². The van der Waals surface area contributed by atoms with E-state index in [1.54, 1.807) is 0 Å². The molecule has 0 nitrogen and oxygen atoms in total. The summed E-state index contributed by atoms with van der Waals surface area (Å²) >= 11 is 0. The largest absolute Gasteiger partial charge is 0.411 e. The summed E-state index contributed by atoms with van der Waals surface area (Å²) in [5, 5.41) is 0. The standard InChI is InChI=1S/3C2HF6P.3ClH/c3*3-1(4,5)9-2(6,7)8;;;/h3*9H;3*1H. The number of halogens is 21. The first-order chi connectivity index (χ1) is 11.1. The highest BCUT2D eigenvalue weighted by Crippen LogP contribution is 2.50. The zero-order valence-electron chi connectivity index (χ0n) is 12.5. The molecule has 192 valence electrons. The van der Waals surface area contributed by atoms with Gasteiger partial charge in [-0.2, -0.15) is 79.0 Å². The molecular weight excluding hydrogens is 613 g/mol. The molecule has 0 bridgehead atoms. The third kappa shape index (κ3) is 63.0. The van der Waals surface area contributed by atoms with E-state index in [1.165, 1.54) is 0 Å². The van der Waals surface area contributed by atoms with E-state index in [0.29, 0.717) is 0 Å². The molecule has 0 aliphatic heterocycles. The molecule has 0 N–H and O–H groups in total. The molecule has 24 heteroatoms. The number of hydrogen-bond acceptors (Lipinski definition) is 0. The first kappa shape index (κ1) is 44.6. The van der Waals surface area contributed by atoms with Gasteiger partial charge >= 0.3 is 35.5 Å². The van der Waals surface area contributed by atoms with Crippen LogP contribution in [0.1, 0.15) is 0 Å². The van der Waals surface area contributed by atoms with E-state index in [-0.39, 0.29) is 37.2 Å². The maximum absolute atomic E-state index is 10.8. The molecule has 0 aromatic carbocycles. The van der Waals surface area contributed by atoms with Gasteiger partial charge < -0.3 is 0 Å². The molecule has 0 atom stereocenters. The predicted octanol–water partition coefficient (Wildman–Crippen LogP) is 9.38. The van der Waals surface area contributed by atoms with Crippen molar-refractivity contribution in [2.75, 3.05) is 0 Å². The second-order valence-electron chi connectivity index (χ2n) is 3.36. The van der Waals surface area contributed by atoms with Gasteiger partial charge in [0, 0.05) is 0 Å². The zero-order valence-corrected chi connectivity index (χ0v) is 18.0. The van der Waals surface area contributed by atoms with Crippen LogP contribution in [-0.4, -0.2) is 35.5 Å². The van der Waals surface area contributed by atoms with E-state index in [1.807, 2.05) is 0 Å². The molecule has 0 amide bonds. The summed E-state index contributed by atoms with van der Waals surface area (Å²) in [4.78, 5) is 0. The minimum Gasteiger partial charge on any atom is -0.167 e. The van der Waals surface area contributed by atoms with Crippen molar-refractivity contribution in [2.45, 2.75) is 35.5 Å². The van der Waals surface area contributed by atoms with Gasteiger partial charge in [-0.05, 0) is 0 Å². The van der Waals surface area contributed by atoms with Crippen molar-refractivity contribution >= 4 is 63.0 Å². The highest BCUT2D eigenvalue weighted by atomic mass is 35.5. The Kier molecular flexibility index (Phi) is 23.3. The first-order valence-corrected chi connectivity index (χ1v) is 7.90. The molecule has 30 heavy (non-hydrogen) atoms. The van der Waals surface area contributed by atoms with E-state index in [0.717, 1.165) is 0 Å². The van der Waals surface area contributed by atoms with Crippen LogP contribution in [0.2, 0.25) is 0 Å². The average molecular weight is 619 g/mol. The van der Waals surface area contributed by atoms with Crippen molar-refractivity contribution in [3.05, 3.63) is 0 Å². The summed E-state index contributed by atoms with van der Waals surface area (Å²) in [7, 11) is -8.85. The fraction of sp³-hybridized carbons (Fsp3) is 1.00. The molecule has 0 radical (unpaired) electrons. The van der Waals surface area contributed by atoms with Crippen LogP contribution in [0.15, 0.2) is 0 Å². The van der Waals surface area contributed by atoms with Crippen molar-refractivity contribution in [1.82, 2.24) is 0 Å². The van der Waals surface area contributed by atoms with Crippen molar-refractivity contribution in [3.8, 4) is 0 Å². The van der Waals surface area contributed by atoms with Crippen LogP contribution in [0.3, 0.4) is 0 Å². The van der Waals surface area contributed by atoms with Gasteiger partial charge in [0.05, 0.1) is 0 Å². The highest BCUT2D eigenvalue weighted by molar-refractivity contribution is 7.40. The van der Waals surface area contributed by atoms with Crippen LogP contribution in [0.5, 0.6) is 0 Å². The molecule has 0 fully saturated rings. The molecule has 0 aromatic rings. The molecule has 0 heterocycles. The third-order valence-corrected chi connectivity index (χ3v) is 2.55. The van der Waals surface area contributed by atoms with E-state index in [2.05, 4.69) is 0 Å². The van der Waals surface area contributed by atoms with Gasteiger partial charge in [0.1, 0.15) is 25.7 Å². The van der Waals surface area contributed by atoms with Crippen LogP contribution in [0.25, 0.3) is 0 Å². The quantitative estimate of drug-likeness (QED) is 0.187. The van der Waals surface area contributed by atoms with E-state index in [9.17, 15) is 79.0 Å². The minimum absolute atomic E-state index is 0. The second-order valence-corrected chi connectivity index (χ2v) is 7.51. The Hall–Kier alpha value is 0.900. The van der Waals surface area contributed by atoms with Crippen LogP contribution >= 0.6 is 63.0 Å². The van der Waals surface area contributed by atoms with Crippen LogP contribution in [-0.2, 0) is 0 Å². The molecule has 0 unspecified atom stereocenters. The van der Waals surface area contributed by atoms with Gasteiger partial charge in [-0.15, -0.1) is 37.2 Å². The Morgan fingerprint density at radius 3 is 0.300 bits per heavy atom. The Morgan fingerprint density at radius 1 is 0.233 bits per heavy atom. The lowest BCUT2D eigenvalue weighted by molar-refractivity contribution is -0.0792. The fourth-order valence-corrected chi connectivity index (χ4v) is 1.45. The average Bonchev–Trinajstić information content (AvgIpc) is 1.96. The number of hydrogen-bond donors (Lipinski definition) is 0. The molecular formula is C6H6Cl3F18P3. The second kappa shape index (κ2) is 15.7. The normalized spacial score (nSPS) is 12.6. The lowest BCUT2D eigenvalue weighted by atomic mass is 11.5. The van der Waals surface area contributed by atoms with Crippen molar-refractivity contribution in [1.29, 1.82) is 0 Å². The molecule has 0 aliphatic carbocycles. The Labute approximate surface area is 178 Å². The summed E-state index contributed by atoms with van der Waals surface area (Å²) in [6.45, 7) is 0. The smallest absolute Gasteiger partial charge is 0.167 e. The fourth-order valence-electron chi connectivity index (χ4n) is 0.482. The molecule has 0 saturated carbocycles. The van der Waals surface area contributed by atoms with Gasteiger partial charge in [-0.25, -0.2) is 0 Å². The van der Waals surface area contributed by atoms with Crippen LogP contribution < -0.4 is 0 Å². The lowest BCUT2D eigenvalue weighted by Crippen LogP contribution is -2.08. The maximum atomic E-state index is 10.8. The molecule has 0 aromatic heterocycles. The Morgan fingerprint density at radius 2 is 0.300 bits per heavy atom. The van der Waals surface area contributed by atoms with Crippen LogP contribution in [0, 0.1) is 0 Å². The van der Waals surface area contributed by atoms with Crippen molar-refractivity contribution in [3.63, 3.8) is 0 Å². The summed E-state index contributed by atoms with van der Waals surface area (Å²) in [6.07, 6.45) is 0. The Bertz CT molecular complexity index is 305. The summed E-state index contributed by atoms with van der Waals surface area (Å²) in [5.74, 6) is -30.7. The van der Waals surface area contributed by atoms with Gasteiger partial charge in [0.2, 0.25) is 0 Å². The van der Waals surface area contributed by atoms with E-state index >= 15 is 0 Å². The van der Waals surface area contributed by atoms with Gasteiger partial charge in [-0.3, -0.25) is 0 Å². The first-order valence-electron chi connectivity index (χ1n) is 4.90. The predicted molar refractivity (Wildman–Crippen MR) is 83.0 cm³/mol. The highest BCUT2D eigenvalue weighted by Gasteiger charge is 2.45. The SMILES string of the molecule is Cl.Cl.Cl.FC(F)(F)PC(F)(F)F.FC(F)(F)PC(F)(F)F.FC(F)(F)PC(F)(F)F. The Balaban J connectivity index is -0.0000000686. The van der Waals surface area contributed by atoms with Crippen molar-refractivity contribution in [2.24, 2.45) is 0 Å². The summed E-state index contributed by atoms with van der Waals surface area (Å²) in [5.41, 5.74) is 0. The molecule has 0 spiro atoms. The topological polar surface area (TPSA) is 0 Å². The summed E-state index contributed by atoms with van der Waals surface area (Å²) < 4.78 is 195. The number of alkyl halides is 18. The molecule has 0 saturated heterocycles.